The molecule has 1 saturated heterocycles. The van der Waals surface area contributed by atoms with Gasteiger partial charge in [-0.25, -0.2) is 8.42 Å². The average molecular weight is 552 g/mol. The summed E-state index contributed by atoms with van der Waals surface area (Å²) in [5.41, 5.74) is 3.64. The van der Waals surface area contributed by atoms with Gasteiger partial charge in [0, 0.05) is 25.8 Å². The Morgan fingerprint density at radius 1 is 1.03 bits per heavy atom. The number of benzene rings is 2. The van der Waals surface area contributed by atoms with Crippen LogP contribution in [0, 0.1) is 17.2 Å². The zero-order valence-corrected chi connectivity index (χ0v) is 24.4. The second-order valence-corrected chi connectivity index (χ2v) is 19.9. The zero-order chi connectivity index (χ0) is 26.8. The summed E-state index contributed by atoms with van der Waals surface area (Å²) in [7, 11) is -5.13. The Morgan fingerprint density at radius 3 is 2.19 bits per heavy atom. The van der Waals surface area contributed by atoms with Gasteiger partial charge in [0.2, 0.25) is 4.93 Å². The molecule has 1 aliphatic heterocycles. The van der Waals surface area contributed by atoms with Crippen LogP contribution in [0.25, 0.3) is 21.6 Å². The summed E-state index contributed by atoms with van der Waals surface area (Å²) >= 11 is 1.40. The first-order valence-electron chi connectivity index (χ1n) is 12.6. The molecule has 1 aromatic heterocycles. The zero-order valence-electron chi connectivity index (χ0n) is 21.8. The standard InChI is InChI=1S/C29H33NO4S2Si/c1-21(31)34-29(26(17-19-37(2,3)4)6-5-18-36(29,32)33)28-16-15-27(35-28)25-13-11-24(12-14-25)23-9-7-22(20-30)8-10-23/h7-16,26H,5-6,17-19H2,1-4H3/t26?,29-/m0/s1. The number of ether oxygens (including phenoxy) is 1. The molecular weight excluding hydrogens is 519 g/mol. The molecule has 0 radical (unpaired) electrons. The van der Waals surface area contributed by atoms with E-state index < -0.39 is 28.8 Å². The molecule has 4 rings (SSSR count). The van der Waals surface area contributed by atoms with Crippen LogP contribution in [0.15, 0.2) is 60.7 Å². The summed E-state index contributed by atoms with van der Waals surface area (Å²) < 4.78 is 33.3. The molecule has 1 aliphatic rings. The van der Waals surface area contributed by atoms with Crippen LogP contribution >= 0.6 is 11.3 Å². The van der Waals surface area contributed by atoms with E-state index in [4.69, 9.17) is 10.00 Å². The topological polar surface area (TPSA) is 84.2 Å². The molecule has 1 unspecified atom stereocenters. The predicted molar refractivity (Wildman–Crippen MR) is 153 cm³/mol. The quantitative estimate of drug-likeness (QED) is 0.229. The molecule has 1 fully saturated rings. The Balaban J connectivity index is 1.71. The fourth-order valence-corrected chi connectivity index (χ4v) is 10.1. The molecule has 0 N–H and O–H groups in total. The van der Waals surface area contributed by atoms with Crippen molar-refractivity contribution >= 4 is 35.2 Å². The van der Waals surface area contributed by atoms with Crippen LogP contribution in [0.4, 0.5) is 0 Å². The summed E-state index contributed by atoms with van der Waals surface area (Å²) in [6, 6.07) is 22.4. The molecule has 8 heteroatoms. The fourth-order valence-electron chi connectivity index (χ4n) is 5.07. The van der Waals surface area contributed by atoms with Crippen molar-refractivity contribution in [3.05, 3.63) is 71.1 Å². The minimum Gasteiger partial charge on any atom is -0.437 e. The first kappa shape index (κ1) is 27.3. The lowest BCUT2D eigenvalue weighted by Gasteiger charge is -2.42. The number of nitriles is 1. The Bertz CT molecular complexity index is 1410. The van der Waals surface area contributed by atoms with E-state index in [1.807, 2.05) is 48.5 Å². The van der Waals surface area contributed by atoms with Gasteiger partial charge in [-0.2, -0.15) is 5.26 Å². The number of carbonyl (C=O) groups is 1. The van der Waals surface area contributed by atoms with Crippen LogP contribution in [0.2, 0.25) is 25.7 Å². The van der Waals surface area contributed by atoms with Gasteiger partial charge in [-0.1, -0.05) is 62.1 Å². The van der Waals surface area contributed by atoms with Gasteiger partial charge >= 0.3 is 5.97 Å². The van der Waals surface area contributed by atoms with Gasteiger partial charge in [0.05, 0.1) is 22.3 Å². The maximum Gasteiger partial charge on any atom is 0.304 e. The number of esters is 1. The molecule has 194 valence electrons. The van der Waals surface area contributed by atoms with Crippen molar-refractivity contribution in [2.24, 2.45) is 5.92 Å². The molecule has 0 amide bonds. The van der Waals surface area contributed by atoms with E-state index in [1.165, 1.54) is 18.3 Å². The van der Waals surface area contributed by atoms with Crippen LogP contribution in [0.1, 0.15) is 36.6 Å². The van der Waals surface area contributed by atoms with Crippen LogP contribution in [0.3, 0.4) is 0 Å². The molecule has 0 saturated carbocycles. The third kappa shape index (κ3) is 5.74. The number of carbonyl (C=O) groups excluding carboxylic acids is 1. The molecule has 2 atom stereocenters. The molecule has 0 spiro atoms. The van der Waals surface area contributed by atoms with Crippen molar-refractivity contribution in [2.75, 3.05) is 5.75 Å². The second kappa shape index (κ2) is 10.6. The molecule has 5 nitrogen and oxygen atoms in total. The molecular formula is C29H33NO4S2Si. The molecule has 3 aromatic rings. The average Bonchev–Trinajstić information content (AvgIpc) is 3.34. The normalized spacial score (nSPS) is 21.2. The van der Waals surface area contributed by atoms with Crippen molar-refractivity contribution in [1.29, 1.82) is 5.26 Å². The summed E-state index contributed by atoms with van der Waals surface area (Å²) in [6.45, 7) is 8.14. The van der Waals surface area contributed by atoms with Gasteiger partial charge in [0.15, 0.2) is 9.84 Å². The van der Waals surface area contributed by atoms with E-state index in [2.05, 4.69) is 25.7 Å². The highest BCUT2D eigenvalue weighted by atomic mass is 32.2. The molecule has 2 heterocycles. The van der Waals surface area contributed by atoms with Crippen molar-refractivity contribution in [3.63, 3.8) is 0 Å². The highest BCUT2D eigenvalue weighted by Crippen LogP contribution is 2.51. The van der Waals surface area contributed by atoms with Crippen molar-refractivity contribution in [2.45, 2.75) is 56.8 Å². The first-order chi connectivity index (χ1) is 17.4. The van der Waals surface area contributed by atoms with E-state index >= 15 is 0 Å². The number of hydrogen-bond donors (Lipinski definition) is 0. The Morgan fingerprint density at radius 2 is 1.62 bits per heavy atom. The second-order valence-electron chi connectivity index (χ2n) is 10.9. The minimum absolute atomic E-state index is 0.0241. The van der Waals surface area contributed by atoms with Gasteiger partial charge in [-0.05, 0) is 60.2 Å². The van der Waals surface area contributed by atoms with E-state index in [0.717, 1.165) is 40.5 Å². The van der Waals surface area contributed by atoms with E-state index in [-0.39, 0.29) is 11.7 Å². The van der Waals surface area contributed by atoms with Gasteiger partial charge in [-0.3, -0.25) is 4.79 Å². The lowest BCUT2D eigenvalue weighted by Crippen LogP contribution is -2.50. The SMILES string of the molecule is CC(=O)O[C@@]1(c2ccc(-c3ccc(-c4ccc(C#N)cc4)cc3)s2)C(CC[Si](C)(C)C)CCCS1(=O)=O. The third-order valence-electron chi connectivity index (χ3n) is 6.97. The number of rotatable bonds is 7. The smallest absolute Gasteiger partial charge is 0.304 e. The van der Waals surface area contributed by atoms with Crippen molar-refractivity contribution < 1.29 is 17.9 Å². The van der Waals surface area contributed by atoms with E-state index in [9.17, 15) is 13.2 Å². The highest BCUT2D eigenvalue weighted by Gasteiger charge is 2.57. The molecule has 0 aliphatic carbocycles. The van der Waals surface area contributed by atoms with Crippen molar-refractivity contribution in [3.8, 4) is 27.6 Å². The maximum atomic E-state index is 13.7. The number of thiophene rings is 1. The number of sulfone groups is 1. The van der Waals surface area contributed by atoms with Gasteiger partial charge < -0.3 is 4.74 Å². The van der Waals surface area contributed by atoms with Crippen LogP contribution in [-0.4, -0.2) is 28.2 Å². The Hall–Kier alpha value is -2.73. The number of hydrogen-bond acceptors (Lipinski definition) is 6. The summed E-state index contributed by atoms with van der Waals surface area (Å²) in [6.07, 6.45) is 2.05. The minimum atomic E-state index is -3.71. The summed E-state index contributed by atoms with van der Waals surface area (Å²) in [4.78, 5) is 12.2. The Kier molecular flexibility index (Phi) is 7.79. The highest BCUT2D eigenvalue weighted by molar-refractivity contribution is 7.92. The Labute approximate surface area is 225 Å². The van der Waals surface area contributed by atoms with Crippen LogP contribution in [-0.2, 0) is 24.3 Å². The maximum absolute atomic E-state index is 13.7. The lowest BCUT2D eigenvalue weighted by molar-refractivity contribution is -0.154. The lowest BCUT2D eigenvalue weighted by atomic mass is 9.91. The van der Waals surface area contributed by atoms with E-state index in [0.29, 0.717) is 16.9 Å². The fraction of sp³-hybridized carbons (Fsp3) is 0.379. The molecule has 2 aromatic carbocycles. The van der Waals surface area contributed by atoms with Gasteiger partial charge in [0.1, 0.15) is 0 Å². The summed E-state index contributed by atoms with van der Waals surface area (Å²) in [5.74, 6) is -0.798. The van der Waals surface area contributed by atoms with Crippen molar-refractivity contribution in [1.82, 2.24) is 0 Å². The third-order valence-corrected chi connectivity index (χ3v) is 12.5. The van der Waals surface area contributed by atoms with E-state index in [1.54, 1.807) is 12.1 Å². The van der Waals surface area contributed by atoms with Gasteiger partial charge in [0.25, 0.3) is 0 Å². The predicted octanol–water partition coefficient (Wildman–Crippen LogP) is 7.22. The summed E-state index contributed by atoms with van der Waals surface area (Å²) in [5, 5.41) is 9.03. The van der Waals surface area contributed by atoms with Crippen LogP contribution in [0.5, 0.6) is 0 Å². The molecule has 0 bridgehead atoms. The van der Waals surface area contributed by atoms with Gasteiger partial charge in [-0.15, -0.1) is 11.3 Å². The number of nitrogens with zero attached hydrogens (tertiary/aromatic N) is 1. The first-order valence-corrected chi connectivity index (χ1v) is 18.8. The van der Waals surface area contributed by atoms with Crippen LogP contribution < -0.4 is 0 Å². The molecule has 37 heavy (non-hydrogen) atoms. The monoisotopic (exact) mass is 551 g/mol. The largest absolute Gasteiger partial charge is 0.437 e.